The summed E-state index contributed by atoms with van der Waals surface area (Å²) in [5, 5.41) is 23.1. The molecule has 0 amide bonds. The van der Waals surface area contributed by atoms with Crippen molar-refractivity contribution < 1.29 is 10.2 Å². The van der Waals surface area contributed by atoms with Crippen molar-refractivity contribution in [1.82, 2.24) is 0 Å². The molecule has 2 aromatic carbocycles. The molecule has 2 unspecified atom stereocenters. The molecule has 1 aliphatic rings. The number of hydrogen-bond acceptors (Lipinski definition) is 4. The Bertz CT molecular complexity index is 1340. The average molecular weight is 673 g/mol. The summed E-state index contributed by atoms with van der Waals surface area (Å²) in [5.41, 5.74) is 5.60. The van der Waals surface area contributed by atoms with Gasteiger partial charge in [-0.05, 0) is 76.0 Å². The molecule has 1 aliphatic carbocycles. The predicted molar refractivity (Wildman–Crippen MR) is 214 cm³/mol. The van der Waals surface area contributed by atoms with Crippen molar-refractivity contribution >= 4 is 12.4 Å². The maximum absolute atomic E-state index is 11.6. The monoisotopic (exact) mass is 673 g/mol. The van der Waals surface area contributed by atoms with Crippen molar-refractivity contribution in [1.29, 1.82) is 0 Å². The van der Waals surface area contributed by atoms with E-state index in [1.54, 1.807) is 0 Å². The molecule has 274 valence electrons. The van der Waals surface area contributed by atoms with Gasteiger partial charge in [0.2, 0.25) is 0 Å². The molecule has 0 spiro atoms. The zero-order valence-corrected chi connectivity index (χ0v) is 34.0. The fourth-order valence-corrected chi connectivity index (χ4v) is 7.45. The van der Waals surface area contributed by atoms with E-state index in [9.17, 15) is 10.2 Å². The van der Waals surface area contributed by atoms with E-state index in [2.05, 4.69) is 121 Å². The van der Waals surface area contributed by atoms with E-state index in [-0.39, 0.29) is 39.2 Å². The topological polar surface area (TPSA) is 65.2 Å². The van der Waals surface area contributed by atoms with E-state index < -0.39 is 0 Å². The van der Waals surface area contributed by atoms with Gasteiger partial charge in [0.05, 0.1) is 12.1 Å². The molecular formula is C45H72N2O2. The molecule has 2 atom stereocenters. The van der Waals surface area contributed by atoms with Crippen LogP contribution in [0.25, 0.3) is 0 Å². The first kappa shape index (κ1) is 40.8. The summed E-state index contributed by atoms with van der Waals surface area (Å²) in [5.74, 6) is 0.663. The van der Waals surface area contributed by atoms with E-state index >= 15 is 0 Å². The van der Waals surface area contributed by atoms with Crippen molar-refractivity contribution in [3.63, 3.8) is 0 Å². The lowest BCUT2D eigenvalue weighted by Gasteiger charge is -2.29. The van der Waals surface area contributed by atoms with Gasteiger partial charge in [-0.2, -0.15) is 0 Å². The van der Waals surface area contributed by atoms with Gasteiger partial charge in [0.1, 0.15) is 11.5 Å². The van der Waals surface area contributed by atoms with Crippen LogP contribution in [0.3, 0.4) is 0 Å². The first-order chi connectivity index (χ1) is 22.5. The zero-order valence-electron chi connectivity index (χ0n) is 34.0. The number of unbranched alkanes of at least 4 members (excludes halogenated alkanes) is 4. The number of nitrogens with zero attached hydrogens (tertiary/aromatic N) is 2. The summed E-state index contributed by atoms with van der Waals surface area (Å²) in [6.07, 6.45) is 15.7. The number of rotatable bonds is 12. The smallest absolute Gasteiger partial charge is 0.128 e. The molecule has 2 N–H and O–H groups in total. The fourth-order valence-electron chi connectivity index (χ4n) is 7.45. The quantitative estimate of drug-likeness (QED) is 0.174. The van der Waals surface area contributed by atoms with E-state index in [0.717, 1.165) is 35.1 Å². The third-order valence-corrected chi connectivity index (χ3v) is 10.8. The third kappa shape index (κ3) is 10.7. The SMILES string of the molecule is CCCCCC1(CCCCC)CC(N=Cc2cc(C(C)(C)C)cc(C(C)(C)C)c2O)C(N=Cc2cc(C(C)(C)C)cc(C(C)(C)C)c2O)C1. The number of aliphatic imine (C=N–C) groups is 2. The Morgan fingerprint density at radius 1 is 0.571 bits per heavy atom. The Kier molecular flexibility index (Phi) is 13.1. The van der Waals surface area contributed by atoms with Crippen LogP contribution in [0, 0.1) is 5.41 Å². The number of benzene rings is 2. The lowest BCUT2D eigenvalue weighted by atomic mass is 9.76. The standard InChI is InChI=1S/C45H72N2O2/c1-15-17-19-21-45(22-20-18-16-2)27-37(46-29-31-23-33(41(3,4)5)25-35(39(31)48)43(9,10)11)38(28-45)47-30-32-24-34(42(6,7)8)26-36(40(32)49)44(12,13)14/h23-26,29-30,37-38,48-49H,15-22,27-28H2,1-14H3. The normalized spacial score (nSPS) is 19.1. The van der Waals surface area contributed by atoms with Crippen LogP contribution in [-0.4, -0.2) is 34.7 Å². The third-order valence-electron chi connectivity index (χ3n) is 10.8. The molecule has 0 heterocycles. The van der Waals surface area contributed by atoms with Crippen LogP contribution in [0.4, 0.5) is 0 Å². The highest BCUT2D eigenvalue weighted by atomic mass is 16.3. The Morgan fingerprint density at radius 3 is 1.20 bits per heavy atom. The minimum absolute atomic E-state index is 0.00492. The zero-order chi connectivity index (χ0) is 37.0. The second-order valence-corrected chi connectivity index (χ2v) is 19.4. The molecular weight excluding hydrogens is 601 g/mol. The second kappa shape index (κ2) is 15.7. The molecule has 4 heteroatoms. The number of hydrogen-bond donors (Lipinski definition) is 2. The molecule has 1 fully saturated rings. The first-order valence-corrected chi connectivity index (χ1v) is 19.3. The van der Waals surface area contributed by atoms with Gasteiger partial charge >= 0.3 is 0 Å². The Hall–Kier alpha value is -2.62. The highest BCUT2D eigenvalue weighted by Crippen LogP contribution is 2.49. The Balaban J connectivity index is 2.16. The maximum Gasteiger partial charge on any atom is 0.128 e. The summed E-state index contributed by atoms with van der Waals surface area (Å²) in [6, 6.07) is 8.61. The lowest BCUT2D eigenvalue weighted by molar-refractivity contribution is 0.226. The molecule has 4 nitrogen and oxygen atoms in total. The Labute approximate surface area is 301 Å². The van der Waals surface area contributed by atoms with Gasteiger partial charge in [-0.1, -0.05) is 148 Å². The molecule has 1 saturated carbocycles. The van der Waals surface area contributed by atoms with Crippen molar-refractivity contribution in [3.05, 3.63) is 57.6 Å². The van der Waals surface area contributed by atoms with E-state index in [1.165, 1.54) is 62.5 Å². The second-order valence-electron chi connectivity index (χ2n) is 19.4. The predicted octanol–water partition coefficient (Wildman–Crippen LogP) is 12.5. The average Bonchev–Trinajstić information content (AvgIpc) is 3.31. The summed E-state index contributed by atoms with van der Waals surface area (Å²) < 4.78 is 0. The largest absolute Gasteiger partial charge is 0.507 e. The Morgan fingerprint density at radius 2 is 0.918 bits per heavy atom. The van der Waals surface area contributed by atoms with Crippen molar-refractivity contribution in [2.24, 2.45) is 15.4 Å². The van der Waals surface area contributed by atoms with Crippen LogP contribution in [-0.2, 0) is 21.7 Å². The van der Waals surface area contributed by atoms with Crippen molar-refractivity contribution in [3.8, 4) is 11.5 Å². The highest BCUT2D eigenvalue weighted by molar-refractivity contribution is 5.86. The van der Waals surface area contributed by atoms with Gasteiger partial charge in [0.25, 0.3) is 0 Å². The molecule has 0 saturated heterocycles. The number of aromatic hydroxyl groups is 2. The van der Waals surface area contributed by atoms with Crippen LogP contribution in [0.1, 0.15) is 195 Å². The van der Waals surface area contributed by atoms with Gasteiger partial charge in [-0.3, -0.25) is 9.98 Å². The van der Waals surface area contributed by atoms with E-state index in [4.69, 9.17) is 9.98 Å². The van der Waals surface area contributed by atoms with Crippen molar-refractivity contribution in [2.75, 3.05) is 0 Å². The van der Waals surface area contributed by atoms with E-state index in [0.29, 0.717) is 11.5 Å². The van der Waals surface area contributed by atoms with Crippen LogP contribution in [0.2, 0.25) is 0 Å². The van der Waals surface area contributed by atoms with Gasteiger partial charge < -0.3 is 10.2 Å². The number of phenolic OH excluding ortho intramolecular Hbond substituents is 2. The van der Waals surface area contributed by atoms with Gasteiger partial charge in [-0.25, -0.2) is 0 Å². The summed E-state index contributed by atoms with van der Waals surface area (Å²) in [6.45, 7) is 30.9. The molecule has 0 aromatic heterocycles. The molecule has 2 aromatic rings. The highest BCUT2D eigenvalue weighted by Gasteiger charge is 2.44. The van der Waals surface area contributed by atoms with Crippen molar-refractivity contribution in [2.45, 2.75) is 195 Å². The summed E-state index contributed by atoms with van der Waals surface area (Å²) in [4.78, 5) is 10.6. The molecule has 0 radical (unpaired) electrons. The molecule has 0 aliphatic heterocycles. The minimum Gasteiger partial charge on any atom is -0.507 e. The van der Waals surface area contributed by atoms with Crippen LogP contribution in [0.5, 0.6) is 11.5 Å². The minimum atomic E-state index is -0.197. The van der Waals surface area contributed by atoms with Crippen LogP contribution >= 0.6 is 0 Å². The fraction of sp³-hybridized carbons (Fsp3) is 0.689. The lowest BCUT2D eigenvalue weighted by Crippen LogP contribution is -2.19. The maximum atomic E-state index is 11.6. The van der Waals surface area contributed by atoms with Gasteiger partial charge in [0, 0.05) is 34.7 Å². The van der Waals surface area contributed by atoms with Crippen LogP contribution in [0.15, 0.2) is 34.3 Å². The first-order valence-electron chi connectivity index (χ1n) is 19.3. The van der Waals surface area contributed by atoms with E-state index in [1.807, 2.05) is 12.4 Å². The summed E-state index contributed by atoms with van der Waals surface area (Å²) >= 11 is 0. The molecule has 0 bridgehead atoms. The molecule has 49 heavy (non-hydrogen) atoms. The van der Waals surface area contributed by atoms with Gasteiger partial charge in [-0.15, -0.1) is 0 Å². The number of phenols is 2. The summed E-state index contributed by atoms with van der Waals surface area (Å²) in [7, 11) is 0. The van der Waals surface area contributed by atoms with Gasteiger partial charge in [0.15, 0.2) is 0 Å². The van der Waals surface area contributed by atoms with Crippen LogP contribution < -0.4 is 0 Å². The molecule has 3 rings (SSSR count).